The highest BCUT2D eigenvalue weighted by Gasteiger charge is 2.29. The Balaban J connectivity index is 1.67. The number of alkyl halides is 3. The summed E-state index contributed by atoms with van der Waals surface area (Å²) in [7, 11) is 3.87. The molecule has 0 fully saturated rings. The van der Waals surface area contributed by atoms with Gasteiger partial charge < -0.3 is 15.1 Å². The molecule has 35 heavy (non-hydrogen) atoms. The van der Waals surface area contributed by atoms with Gasteiger partial charge in [0.25, 0.3) is 0 Å². The first-order valence-corrected chi connectivity index (χ1v) is 11.2. The van der Waals surface area contributed by atoms with Gasteiger partial charge in [-0.25, -0.2) is 0 Å². The summed E-state index contributed by atoms with van der Waals surface area (Å²) in [4.78, 5) is 20.8. The topological polar surface area (TPSA) is 48.5 Å². The number of aryl methyl sites for hydroxylation is 1. The van der Waals surface area contributed by atoms with Gasteiger partial charge in [-0.15, -0.1) is 0 Å². The van der Waals surface area contributed by atoms with E-state index in [-0.39, 0.29) is 5.91 Å². The molecule has 0 aliphatic carbocycles. The maximum absolute atomic E-state index is 12.9. The normalized spacial score (nSPS) is 11.7. The van der Waals surface area contributed by atoms with Gasteiger partial charge >= 0.3 is 6.18 Å². The zero-order chi connectivity index (χ0) is 25.4. The number of carbonyl (C=O) groups excluding carboxylic acids is 1. The molecule has 1 amide bonds. The number of benzene rings is 2. The van der Waals surface area contributed by atoms with Crippen LogP contribution in [0, 0.1) is 6.92 Å². The number of amides is 1. The Labute approximate surface area is 203 Å². The van der Waals surface area contributed by atoms with Crippen molar-refractivity contribution in [1.29, 1.82) is 0 Å². The van der Waals surface area contributed by atoms with Gasteiger partial charge in [0.2, 0.25) is 5.91 Å². The number of aromatic nitrogens is 1. The molecular formula is C27H29F3N4O. The molecule has 0 saturated heterocycles. The van der Waals surface area contributed by atoms with Crippen LogP contribution >= 0.6 is 0 Å². The quantitative estimate of drug-likeness (QED) is 0.394. The van der Waals surface area contributed by atoms with Crippen LogP contribution in [0.15, 0.2) is 72.9 Å². The molecule has 1 heterocycles. The summed E-state index contributed by atoms with van der Waals surface area (Å²) in [6.45, 7) is 3.54. The minimum absolute atomic E-state index is 0.207. The lowest BCUT2D eigenvalue weighted by Gasteiger charge is -2.23. The molecule has 5 nitrogen and oxygen atoms in total. The van der Waals surface area contributed by atoms with Gasteiger partial charge in [0.1, 0.15) is 0 Å². The second-order valence-corrected chi connectivity index (χ2v) is 8.52. The van der Waals surface area contributed by atoms with Gasteiger partial charge in [-0.05, 0) is 74.6 Å². The monoisotopic (exact) mass is 482 g/mol. The van der Waals surface area contributed by atoms with Gasteiger partial charge in [0.05, 0.1) is 5.56 Å². The smallest absolute Gasteiger partial charge is 0.355 e. The third-order valence-corrected chi connectivity index (χ3v) is 5.30. The van der Waals surface area contributed by atoms with E-state index in [1.165, 1.54) is 24.3 Å². The first-order valence-electron chi connectivity index (χ1n) is 11.2. The van der Waals surface area contributed by atoms with E-state index in [0.29, 0.717) is 25.2 Å². The van der Waals surface area contributed by atoms with Crippen LogP contribution in [-0.4, -0.2) is 47.9 Å². The average Bonchev–Trinajstić information content (AvgIpc) is 2.81. The fraction of sp³-hybridized carbons (Fsp3) is 0.259. The van der Waals surface area contributed by atoms with Crippen molar-refractivity contribution >= 4 is 23.4 Å². The molecule has 1 aromatic heterocycles. The Morgan fingerprint density at radius 3 is 2.26 bits per heavy atom. The Kier molecular flexibility index (Phi) is 8.65. The molecular weight excluding hydrogens is 453 g/mol. The van der Waals surface area contributed by atoms with Crippen LogP contribution < -0.4 is 5.32 Å². The van der Waals surface area contributed by atoms with Crippen LogP contribution in [0.5, 0.6) is 0 Å². The summed E-state index contributed by atoms with van der Waals surface area (Å²) in [6, 6.07) is 16.4. The molecule has 0 bridgehead atoms. The van der Waals surface area contributed by atoms with E-state index in [2.05, 4.69) is 10.3 Å². The Morgan fingerprint density at radius 1 is 0.971 bits per heavy atom. The Hall–Kier alpha value is -3.65. The highest BCUT2D eigenvalue weighted by Crippen LogP contribution is 2.29. The molecule has 3 rings (SSSR count). The lowest BCUT2D eigenvalue weighted by molar-refractivity contribution is -0.137. The third kappa shape index (κ3) is 8.26. The minimum atomic E-state index is -4.39. The van der Waals surface area contributed by atoms with Gasteiger partial charge in [-0.1, -0.05) is 24.3 Å². The highest BCUT2D eigenvalue weighted by atomic mass is 19.4. The maximum Gasteiger partial charge on any atom is 0.416 e. The van der Waals surface area contributed by atoms with Crippen LogP contribution in [0.4, 0.5) is 24.5 Å². The van der Waals surface area contributed by atoms with Crippen molar-refractivity contribution in [2.45, 2.75) is 19.6 Å². The third-order valence-electron chi connectivity index (χ3n) is 5.30. The predicted octanol–water partition coefficient (Wildman–Crippen LogP) is 5.76. The molecule has 184 valence electrons. The van der Waals surface area contributed by atoms with Crippen LogP contribution in [0.1, 0.15) is 22.4 Å². The summed E-state index contributed by atoms with van der Waals surface area (Å²) in [6.07, 6.45) is 0.302. The fourth-order valence-electron chi connectivity index (χ4n) is 3.35. The number of carbonyl (C=O) groups is 1. The summed E-state index contributed by atoms with van der Waals surface area (Å²) < 4.78 is 38.3. The van der Waals surface area contributed by atoms with Gasteiger partial charge in [-0.2, -0.15) is 13.2 Å². The first kappa shape index (κ1) is 26.0. The summed E-state index contributed by atoms with van der Waals surface area (Å²) in [5, 5.41) is 3.33. The average molecular weight is 483 g/mol. The fourth-order valence-corrected chi connectivity index (χ4v) is 3.35. The van der Waals surface area contributed by atoms with Crippen molar-refractivity contribution in [1.82, 2.24) is 14.8 Å². The van der Waals surface area contributed by atoms with Gasteiger partial charge in [0, 0.05) is 49.0 Å². The highest BCUT2D eigenvalue weighted by molar-refractivity contribution is 5.91. The van der Waals surface area contributed by atoms with E-state index >= 15 is 0 Å². The number of likely N-dealkylation sites (N-methyl/N-ethyl adjacent to an activating group) is 1. The summed E-state index contributed by atoms with van der Waals surface area (Å²) in [5.74, 6) is -0.207. The molecule has 3 aromatic rings. The zero-order valence-corrected chi connectivity index (χ0v) is 20.0. The van der Waals surface area contributed by atoms with Crippen LogP contribution in [0.2, 0.25) is 0 Å². The van der Waals surface area contributed by atoms with Crippen LogP contribution in [0.25, 0.3) is 6.08 Å². The lowest BCUT2D eigenvalue weighted by Crippen LogP contribution is -2.35. The molecule has 1 N–H and O–H groups in total. The van der Waals surface area contributed by atoms with E-state index in [0.717, 1.165) is 34.8 Å². The second-order valence-electron chi connectivity index (χ2n) is 8.52. The minimum Gasteiger partial charge on any atom is -0.355 e. The van der Waals surface area contributed by atoms with Crippen molar-refractivity contribution in [3.8, 4) is 0 Å². The largest absolute Gasteiger partial charge is 0.416 e. The molecule has 8 heteroatoms. The number of hydrogen-bond donors (Lipinski definition) is 1. The molecule has 2 aromatic carbocycles. The van der Waals surface area contributed by atoms with E-state index in [1.807, 2.05) is 62.3 Å². The molecule has 0 unspecified atom stereocenters. The first-order chi connectivity index (χ1) is 16.6. The summed E-state index contributed by atoms with van der Waals surface area (Å²) in [5.41, 5.74) is 3.57. The van der Waals surface area contributed by atoms with E-state index in [9.17, 15) is 18.0 Å². The van der Waals surface area contributed by atoms with Crippen molar-refractivity contribution in [2.24, 2.45) is 0 Å². The van der Waals surface area contributed by atoms with E-state index in [4.69, 9.17) is 0 Å². The van der Waals surface area contributed by atoms with Crippen molar-refractivity contribution in [3.05, 3.63) is 95.3 Å². The van der Waals surface area contributed by atoms with Crippen molar-refractivity contribution in [2.75, 3.05) is 32.5 Å². The van der Waals surface area contributed by atoms with Crippen LogP contribution in [-0.2, 0) is 17.5 Å². The van der Waals surface area contributed by atoms with Crippen LogP contribution in [0.3, 0.4) is 0 Å². The SMILES string of the molecule is Cc1cc(Nc2ccc(CN(CCN(C)C)C(=O)C=Cc3ccc(C(F)(F)F)cc3)cc2)ccn1. The number of nitrogens with one attached hydrogen (secondary N) is 1. The Morgan fingerprint density at radius 2 is 1.66 bits per heavy atom. The number of nitrogens with zero attached hydrogens (tertiary/aromatic N) is 3. The number of hydrogen-bond acceptors (Lipinski definition) is 4. The number of rotatable bonds is 9. The maximum atomic E-state index is 12.9. The Bertz CT molecular complexity index is 1140. The van der Waals surface area contributed by atoms with E-state index < -0.39 is 11.7 Å². The van der Waals surface area contributed by atoms with E-state index in [1.54, 1.807) is 11.1 Å². The van der Waals surface area contributed by atoms with Crippen molar-refractivity contribution < 1.29 is 18.0 Å². The lowest BCUT2D eigenvalue weighted by atomic mass is 10.1. The number of anilines is 2. The van der Waals surface area contributed by atoms with Crippen molar-refractivity contribution in [3.63, 3.8) is 0 Å². The zero-order valence-electron chi connectivity index (χ0n) is 20.0. The molecule has 0 atom stereocenters. The van der Waals surface area contributed by atoms with Gasteiger partial charge in [-0.3, -0.25) is 9.78 Å². The molecule has 0 spiro atoms. The standard InChI is InChI=1S/C27H29F3N4O/c1-20-18-25(14-15-31-20)32-24-11-6-22(7-12-24)19-34(17-16-33(2)3)26(35)13-8-21-4-9-23(10-5-21)27(28,29)30/h4-15,18H,16-17,19H2,1-3H3,(H,31,32). The molecule has 0 aliphatic rings. The van der Waals surface area contributed by atoms with Gasteiger partial charge in [0.15, 0.2) is 0 Å². The molecule has 0 radical (unpaired) electrons. The predicted molar refractivity (Wildman–Crippen MR) is 133 cm³/mol. The number of halogens is 3. The molecule has 0 saturated carbocycles. The molecule has 0 aliphatic heterocycles. The summed E-state index contributed by atoms with van der Waals surface area (Å²) >= 11 is 0. The number of pyridine rings is 1. The second kappa shape index (κ2) is 11.7.